The van der Waals surface area contributed by atoms with Gasteiger partial charge in [-0.05, 0) is 37.1 Å². The number of esters is 1. The average Bonchev–Trinajstić information content (AvgIpc) is 2.81. The van der Waals surface area contributed by atoms with Gasteiger partial charge in [-0.15, -0.1) is 6.42 Å². The number of hydrogen-bond donors (Lipinski definition) is 2. The van der Waals surface area contributed by atoms with Crippen LogP contribution >= 0.6 is 0 Å². The Labute approximate surface area is 188 Å². The monoisotopic (exact) mass is 432 g/mol. The summed E-state index contributed by atoms with van der Waals surface area (Å²) in [5, 5.41) is 4.08. The number of hydrogen-bond acceptors (Lipinski definition) is 7. The third-order valence-electron chi connectivity index (χ3n) is 5.07. The molecule has 0 radical (unpaired) electrons. The molecule has 1 heterocycles. The van der Waals surface area contributed by atoms with Gasteiger partial charge < -0.3 is 20.5 Å². The molecule has 0 unspecified atom stereocenters. The molecule has 0 bridgehead atoms. The Morgan fingerprint density at radius 1 is 1.12 bits per heavy atom. The summed E-state index contributed by atoms with van der Waals surface area (Å²) in [6, 6.07) is 11.2. The van der Waals surface area contributed by atoms with E-state index in [4.69, 9.17) is 16.9 Å². The van der Waals surface area contributed by atoms with Crippen molar-refractivity contribution in [3.63, 3.8) is 0 Å². The Morgan fingerprint density at radius 2 is 1.94 bits per heavy atom. The summed E-state index contributed by atoms with van der Waals surface area (Å²) in [5.74, 6) is 3.74. The van der Waals surface area contributed by atoms with Crippen molar-refractivity contribution in [2.75, 3.05) is 24.8 Å². The highest BCUT2D eigenvalue weighted by atomic mass is 16.5. The number of nitrogens with one attached hydrogen (secondary N) is 1. The number of nitrogen functional groups attached to an aromatic ring is 1. The summed E-state index contributed by atoms with van der Waals surface area (Å²) in [7, 11) is 1.42. The van der Waals surface area contributed by atoms with E-state index in [2.05, 4.69) is 25.9 Å². The fourth-order valence-electron chi connectivity index (χ4n) is 3.33. The van der Waals surface area contributed by atoms with E-state index in [0.29, 0.717) is 30.3 Å². The molecule has 0 amide bonds. The number of benzene rings is 2. The first-order chi connectivity index (χ1) is 15.6. The largest absolute Gasteiger partial charge is 0.491 e. The molecule has 7 heteroatoms. The summed E-state index contributed by atoms with van der Waals surface area (Å²) < 4.78 is 10.5. The van der Waals surface area contributed by atoms with E-state index in [1.54, 1.807) is 0 Å². The van der Waals surface area contributed by atoms with E-state index in [0.717, 1.165) is 54.3 Å². The van der Waals surface area contributed by atoms with E-state index in [1.807, 2.05) is 36.4 Å². The maximum atomic E-state index is 11.1. The van der Waals surface area contributed by atoms with Gasteiger partial charge in [0.25, 0.3) is 0 Å². The van der Waals surface area contributed by atoms with Gasteiger partial charge in [0.1, 0.15) is 17.9 Å². The fraction of sp³-hybridized carbons (Fsp3) is 0.320. The van der Waals surface area contributed by atoms with Gasteiger partial charge in [-0.25, -0.2) is 9.97 Å². The Balaban J connectivity index is 1.56. The van der Waals surface area contributed by atoms with Crippen molar-refractivity contribution < 1.29 is 14.3 Å². The van der Waals surface area contributed by atoms with Crippen LogP contribution in [0.5, 0.6) is 5.75 Å². The standard InChI is InChI=1S/C25H28N4O3/c1-3-18-10-9-11-19(14-18)29-25-20-15-21(26)23(16-22(20)27-17-28-25)32-13-8-6-4-5-7-12-24(30)31-2/h1,9-11,14-17H,4-8,12-13,26H2,2H3,(H,27,28,29). The van der Waals surface area contributed by atoms with Crippen LogP contribution in [0.1, 0.15) is 44.1 Å². The van der Waals surface area contributed by atoms with Crippen LogP contribution in [0.15, 0.2) is 42.7 Å². The van der Waals surface area contributed by atoms with Crippen molar-refractivity contribution in [1.29, 1.82) is 0 Å². The van der Waals surface area contributed by atoms with E-state index in [1.165, 1.54) is 13.4 Å². The Kier molecular flexibility index (Phi) is 8.27. The average molecular weight is 433 g/mol. The topological polar surface area (TPSA) is 99.4 Å². The Bertz CT molecular complexity index is 1110. The van der Waals surface area contributed by atoms with Gasteiger partial charge in [0.05, 0.1) is 24.9 Å². The minimum absolute atomic E-state index is 0.150. The lowest BCUT2D eigenvalue weighted by atomic mass is 10.1. The van der Waals surface area contributed by atoms with Crippen LogP contribution in [0.4, 0.5) is 17.2 Å². The number of nitrogens with zero attached hydrogens (tertiary/aromatic N) is 2. The van der Waals surface area contributed by atoms with Gasteiger partial charge in [-0.1, -0.05) is 31.2 Å². The maximum absolute atomic E-state index is 11.1. The molecule has 0 aliphatic carbocycles. The van der Waals surface area contributed by atoms with Crippen LogP contribution in [-0.4, -0.2) is 29.7 Å². The highest BCUT2D eigenvalue weighted by Crippen LogP contribution is 2.31. The first-order valence-electron chi connectivity index (χ1n) is 10.7. The molecular formula is C25H28N4O3. The van der Waals surface area contributed by atoms with E-state index in [9.17, 15) is 4.79 Å². The molecule has 32 heavy (non-hydrogen) atoms. The number of terminal acetylenes is 1. The SMILES string of the molecule is C#Cc1cccc(Nc2ncnc3cc(OCCCCCCCC(=O)OC)c(N)cc23)c1. The molecule has 0 saturated heterocycles. The molecule has 166 valence electrons. The summed E-state index contributed by atoms with van der Waals surface area (Å²) in [6.45, 7) is 0.571. The molecule has 1 aromatic heterocycles. The van der Waals surface area contributed by atoms with Gasteiger partial charge in [0.15, 0.2) is 0 Å². The molecule has 7 nitrogen and oxygen atoms in total. The highest BCUT2D eigenvalue weighted by Gasteiger charge is 2.10. The number of methoxy groups -OCH3 is 1. The van der Waals surface area contributed by atoms with Crippen molar-refractivity contribution in [3.8, 4) is 18.1 Å². The number of aromatic nitrogens is 2. The van der Waals surface area contributed by atoms with Gasteiger partial charge in [-0.2, -0.15) is 0 Å². The number of anilines is 3. The van der Waals surface area contributed by atoms with Gasteiger partial charge in [-0.3, -0.25) is 4.79 Å². The lowest BCUT2D eigenvalue weighted by molar-refractivity contribution is -0.140. The smallest absolute Gasteiger partial charge is 0.305 e. The quantitative estimate of drug-likeness (QED) is 0.194. The van der Waals surface area contributed by atoms with Crippen LogP contribution in [-0.2, 0) is 9.53 Å². The number of unbranched alkanes of at least 4 members (excludes halogenated alkanes) is 4. The summed E-state index contributed by atoms with van der Waals surface area (Å²) in [4.78, 5) is 19.8. The molecule has 3 N–H and O–H groups in total. The molecule has 0 spiro atoms. The predicted molar refractivity (Wildman–Crippen MR) is 127 cm³/mol. The van der Waals surface area contributed by atoms with Gasteiger partial charge in [0.2, 0.25) is 0 Å². The number of rotatable bonds is 11. The van der Waals surface area contributed by atoms with Crippen molar-refractivity contribution >= 4 is 34.1 Å². The molecular weight excluding hydrogens is 404 g/mol. The summed E-state index contributed by atoms with van der Waals surface area (Å²) in [5.41, 5.74) is 9.13. The highest BCUT2D eigenvalue weighted by molar-refractivity contribution is 5.94. The third kappa shape index (κ3) is 6.35. The lowest BCUT2D eigenvalue weighted by Crippen LogP contribution is -2.02. The first kappa shape index (κ1) is 22.9. The van der Waals surface area contributed by atoms with Crippen molar-refractivity contribution in [1.82, 2.24) is 9.97 Å². The molecule has 2 aromatic carbocycles. The van der Waals surface area contributed by atoms with Crippen LogP contribution in [0.25, 0.3) is 10.9 Å². The first-order valence-corrected chi connectivity index (χ1v) is 10.7. The van der Waals surface area contributed by atoms with Crippen molar-refractivity contribution in [2.45, 2.75) is 38.5 Å². The summed E-state index contributed by atoms with van der Waals surface area (Å²) >= 11 is 0. The normalized spacial score (nSPS) is 10.5. The van der Waals surface area contributed by atoms with E-state index >= 15 is 0 Å². The van der Waals surface area contributed by atoms with Gasteiger partial charge in [0, 0.05) is 29.1 Å². The minimum Gasteiger partial charge on any atom is -0.491 e. The second-order valence-electron chi connectivity index (χ2n) is 7.42. The second kappa shape index (κ2) is 11.6. The maximum Gasteiger partial charge on any atom is 0.305 e. The third-order valence-corrected chi connectivity index (χ3v) is 5.07. The lowest BCUT2D eigenvalue weighted by Gasteiger charge is -2.13. The van der Waals surface area contributed by atoms with Crippen LogP contribution in [0.3, 0.4) is 0 Å². The summed E-state index contributed by atoms with van der Waals surface area (Å²) in [6.07, 6.45) is 12.3. The van der Waals surface area contributed by atoms with Crippen LogP contribution in [0, 0.1) is 12.3 Å². The van der Waals surface area contributed by atoms with Crippen molar-refractivity contribution in [3.05, 3.63) is 48.3 Å². The van der Waals surface area contributed by atoms with Crippen LogP contribution in [0.2, 0.25) is 0 Å². The number of carbonyl (C=O) groups is 1. The van der Waals surface area contributed by atoms with Crippen LogP contribution < -0.4 is 15.8 Å². The zero-order valence-electron chi connectivity index (χ0n) is 18.3. The molecule has 0 aliphatic rings. The molecule has 0 fully saturated rings. The second-order valence-corrected chi connectivity index (χ2v) is 7.42. The fourth-order valence-corrected chi connectivity index (χ4v) is 3.33. The Hall–Kier alpha value is -3.79. The number of nitrogens with two attached hydrogens (primary N) is 1. The zero-order valence-corrected chi connectivity index (χ0v) is 18.3. The number of ether oxygens (including phenoxy) is 2. The molecule has 0 atom stereocenters. The number of carbonyl (C=O) groups excluding carboxylic acids is 1. The predicted octanol–water partition coefficient (Wildman–Crippen LogP) is 4.83. The Morgan fingerprint density at radius 3 is 2.75 bits per heavy atom. The van der Waals surface area contributed by atoms with E-state index < -0.39 is 0 Å². The molecule has 0 aliphatic heterocycles. The minimum atomic E-state index is -0.150. The van der Waals surface area contributed by atoms with Gasteiger partial charge >= 0.3 is 5.97 Å². The zero-order chi connectivity index (χ0) is 22.8. The van der Waals surface area contributed by atoms with Crippen molar-refractivity contribution in [2.24, 2.45) is 0 Å². The van der Waals surface area contributed by atoms with E-state index in [-0.39, 0.29) is 5.97 Å². The molecule has 3 aromatic rings. The molecule has 3 rings (SSSR count). The number of fused-ring (bicyclic) bond motifs is 1. The molecule has 0 saturated carbocycles.